The molecule has 1 unspecified atom stereocenters. The van der Waals surface area contributed by atoms with Crippen molar-refractivity contribution in [1.82, 2.24) is 0 Å². The summed E-state index contributed by atoms with van der Waals surface area (Å²) in [6.07, 6.45) is -1.70. The summed E-state index contributed by atoms with van der Waals surface area (Å²) in [5.41, 5.74) is 0.817. The van der Waals surface area contributed by atoms with E-state index in [0.717, 1.165) is 5.56 Å². The number of ether oxygens (including phenoxy) is 1. The van der Waals surface area contributed by atoms with Gasteiger partial charge in [-0.05, 0) is 5.56 Å². The summed E-state index contributed by atoms with van der Waals surface area (Å²) in [5, 5.41) is 8.69. The maximum atomic E-state index is 10.7. The number of hydrogen-bond acceptors (Lipinski definition) is 4. The monoisotopic (exact) mass is 276 g/mol. The predicted molar refractivity (Wildman–Crippen MR) is 60.7 cm³/mol. The van der Waals surface area contributed by atoms with Crippen molar-refractivity contribution >= 4 is 13.8 Å². The molecule has 0 amide bonds. The quantitative estimate of drug-likeness (QED) is 0.630. The zero-order valence-corrected chi connectivity index (χ0v) is 10.2. The maximum Gasteiger partial charge on any atom is 0.470 e. The number of phosphoric ester groups is 1. The van der Waals surface area contributed by atoms with Crippen LogP contribution in [0.3, 0.4) is 0 Å². The van der Waals surface area contributed by atoms with E-state index in [4.69, 9.17) is 19.6 Å². The number of carboxylic acids is 1. The van der Waals surface area contributed by atoms with Crippen molar-refractivity contribution in [3.8, 4) is 0 Å². The van der Waals surface area contributed by atoms with Crippen LogP contribution >= 0.6 is 7.82 Å². The van der Waals surface area contributed by atoms with Crippen molar-refractivity contribution in [3.05, 3.63) is 35.9 Å². The molecule has 1 atom stereocenters. The lowest BCUT2D eigenvalue weighted by atomic mass is 10.2. The molecule has 0 saturated heterocycles. The van der Waals surface area contributed by atoms with Gasteiger partial charge in [-0.3, -0.25) is 4.52 Å². The van der Waals surface area contributed by atoms with Crippen LogP contribution in [0.2, 0.25) is 0 Å². The van der Waals surface area contributed by atoms with Crippen LogP contribution in [0.4, 0.5) is 0 Å². The summed E-state index contributed by atoms with van der Waals surface area (Å²) in [6, 6.07) is 8.96. The SMILES string of the molecule is O=C(O)C(COCc1ccccc1)OP(=O)(O)O. The lowest BCUT2D eigenvalue weighted by Crippen LogP contribution is -2.28. The lowest BCUT2D eigenvalue weighted by Gasteiger charge is -2.14. The molecule has 0 aromatic heterocycles. The molecule has 0 saturated carbocycles. The summed E-state index contributed by atoms with van der Waals surface area (Å²) >= 11 is 0. The van der Waals surface area contributed by atoms with E-state index in [-0.39, 0.29) is 6.61 Å². The highest BCUT2D eigenvalue weighted by Gasteiger charge is 2.28. The Labute approximate surface area is 103 Å². The van der Waals surface area contributed by atoms with Crippen molar-refractivity contribution in [2.45, 2.75) is 12.7 Å². The van der Waals surface area contributed by atoms with Gasteiger partial charge in [-0.15, -0.1) is 0 Å². The van der Waals surface area contributed by atoms with Crippen LogP contribution in [0.15, 0.2) is 30.3 Å². The molecule has 1 aromatic carbocycles. The average molecular weight is 276 g/mol. The molecule has 1 aromatic rings. The number of carboxylic acid groups (broad SMARTS) is 1. The lowest BCUT2D eigenvalue weighted by molar-refractivity contribution is -0.149. The largest absolute Gasteiger partial charge is 0.479 e. The van der Waals surface area contributed by atoms with Gasteiger partial charge in [0, 0.05) is 0 Å². The first-order chi connectivity index (χ1) is 8.38. The summed E-state index contributed by atoms with van der Waals surface area (Å²) in [5.74, 6) is -1.49. The van der Waals surface area contributed by atoms with Crippen LogP contribution in [-0.2, 0) is 25.2 Å². The molecule has 1 rings (SSSR count). The van der Waals surface area contributed by atoms with Gasteiger partial charge in [0.1, 0.15) is 0 Å². The number of hydrogen-bond donors (Lipinski definition) is 3. The third-order valence-corrected chi connectivity index (χ3v) is 2.45. The third-order valence-electron chi connectivity index (χ3n) is 1.92. The molecule has 0 aliphatic rings. The van der Waals surface area contributed by atoms with Crippen LogP contribution in [0, 0.1) is 0 Å². The van der Waals surface area contributed by atoms with Crippen molar-refractivity contribution in [1.29, 1.82) is 0 Å². The second kappa shape index (κ2) is 6.63. The molecule has 100 valence electrons. The molecule has 0 bridgehead atoms. The molecule has 0 fully saturated rings. The first-order valence-electron chi connectivity index (χ1n) is 4.97. The van der Waals surface area contributed by atoms with Gasteiger partial charge in [-0.1, -0.05) is 30.3 Å². The Bertz CT molecular complexity index is 427. The number of carbonyl (C=O) groups is 1. The first-order valence-corrected chi connectivity index (χ1v) is 6.50. The normalized spacial score (nSPS) is 13.2. The van der Waals surface area contributed by atoms with Crippen LogP contribution in [0.5, 0.6) is 0 Å². The summed E-state index contributed by atoms with van der Waals surface area (Å²) in [7, 11) is -4.85. The van der Waals surface area contributed by atoms with Gasteiger partial charge in [-0.2, -0.15) is 0 Å². The van der Waals surface area contributed by atoms with Crippen LogP contribution in [-0.4, -0.2) is 33.6 Å². The second-order valence-corrected chi connectivity index (χ2v) is 4.62. The Morgan fingerprint density at radius 1 is 1.28 bits per heavy atom. The summed E-state index contributed by atoms with van der Waals surface area (Å²) < 4.78 is 19.7. The highest BCUT2D eigenvalue weighted by Crippen LogP contribution is 2.37. The zero-order chi connectivity index (χ0) is 13.6. The van der Waals surface area contributed by atoms with Gasteiger partial charge in [0.15, 0.2) is 6.10 Å². The predicted octanol–water partition coefficient (Wildman–Crippen LogP) is 0.766. The molecule has 0 aliphatic carbocycles. The minimum absolute atomic E-state index is 0.134. The Balaban J connectivity index is 2.44. The van der Waals surface area contributed by atoms with Gasteiger partial charge in [0.2, 0.25) is 0 Å². The smallest absolute Gasteiger partial charge is 0.470 e. The van der Waals surface area contributed by atoms with E-state index < -0.39 is 26.5 Å². The zero-order valence-electron chi connectivity index (χ0n) is 9.30. The molecule has 0 spiro atoms. The Hall–Kier alpha value is -1.24. The van der Waals surface area contributed by atoms with Crippen LogP contribution in [0.25, 0.3) is 0 Å². The Kier molecular flexibility index (Phi) is 5.46. The van der Waals surface area contributed by atoms with Gasteiger partial charge in [-0.25, -0.2) is 9.36 Å². The maximum absolute atomic E-state index is 10.7. The molecule has 18 heavy (non-hydrogen) atoms. The van der Waals surface area contributed by atoms with E-state index in [9.17, 15) is 9.36 Å². The number of phosphoric acid groups is 1. The van der Waals surface area contributed by atoms with E-state index in [0.29, 0.717) is 0 Å². The molecular formula is C10H13O7P. The highest BCUT2D eigenvalue weighted by molar-refractivity contribution is 7.46. The van der Waals surface area contributed by atoms with Gasteiger partial charge in [0.05, 0.1) is 13.2 Å². The molecule has 0 heterocycles. The third kappa shape index (κ3) is 5.90. The van der Waals surface area contributed by atoms with Crippen molar-refractivity contribution < 1.29 is 33.5 Å². The van der Waals surface area contributed by atoms with Gasteiger partial charge >= 0.3 is 13.8 Å². The minimum Gasteiger partial charge on any atom is -0.479 e. The van der Waals surface area contributed by atoms with E-state index in [1.807, 2.05) is 6.07 Å². The fourth-order valence-electron chi connectivity index (χ4n) is 1.17. The molecule has 3 N–H and O–H groups in total. The fourth-order valence-corrected chi connectivity index (χ4v) is 1.65. The van der Waals surface area contributed by atoms with Crippen molar-refractivity contribution in [2.24, 2.45) is 0 Å². The topological polar surface area (TPSA) is 113 Å². The molecule has 0 radical (unpaired) electrons. The van der Waals surface area contributed by atoms with E-state index in [1.165, 1.54) is 0 Å². The molecule has 7 nitrogen and oxygen atoms in total. The van der Waals surface area contributed by atoms with Crippen LogP contribution < -0.4 is 0 Å². The number of rotatable bonds is 7. The molecule has 8 heteroatoms. The van der Waals surface area contributed by atoms with Crippen LogP contribution in [0.1, 0.15) is 5.56 Å². The average Bonchev–Trinajstić information content (AvgIpc) is 2.27. The Morgan fingerprint density at radius 2 is 1.89 bits per heavy atom. The fraction of sp³-hybridized carbons (Fsp3) is 0.300. The highest BCUT2D eigenvalue weighted by atomic mass is 31.2. The second-order valence-electron chi connectivity index (χ2n) is 3.42. The van der Waals surface area contributed by atoms with Crippen molar-refractivity contribution in [3.63, 3.8) is 0 Å². The molecule has 0 aliphatic heterocycles. The Morgan fingerprint density at radius 3 is 2.39 bits per heavy atom. The van der Waals surface area contributed by atoms with E-state index >= 15 is 0 Å². The van der Waals surface area contributed by atoms with Gasteiger partial charge in [0.25, 0.3) is 0 Å². The number of aliphatic carboxylic acids is 1. The molecular weight excluding hydrogens is 263 g/mol. The van der Waals surface area contributed by atoms with Crippen molar-refractivity contribution in [2.75, 3.05) is 6.61 Å². The van der Waals surface area contributed by atoms with Gasteiger partial charge < -0.3 is 19.6 Å². The first kappa shape index (κ1) is 14.8. The van der Waals surface area contributed by atoms with E-state index in [2.05, 4.69) is 4.52 Å². The summed E-state index contributed by atoms with van der Waals surface area (Å²) in [6.45, 7) is -0.315. The number of benzene rings is 1. The minimum atomic E-state index is -4.85. The van der Waals surface area contributed by atoms with E-state index in [1.54, 1.807) is 24.3 Å². The summed E-state index contributed by atoms with van der Waals surface area (Å²) in [4.78, 5) is 27.7. The standard InChI is InChI=1S/C10H13O7P/c11-10(12)9(17-18(13,14)15)7-16-6-8-4-2-1-3-5-8/h1-5,9H,6-7H2,(H,11,12)(H2,13,14,15).